The lowest BCUT2D eigenvalue weighted by molar-refractivity contribution is 0.588. The van der Waals surface area contributed by atoms with E-state index in [1.807, 2.05) is 0 Å². The van der Waals surface area contributed by atoms with Crippen LogP contribution < -0.4 is 26.2 Å². The molecule has 18 rings (SSSR count). The molecule has 0 atom stereocenters. The van der Waals surface area contributed by atoms with Gasteiger partial charge in [-0.25, -0.2) is 0 Å². The zero-order valence-corrected chi connectivity index (χ0v) is 52.5. The van der Waals surface area contributed by atoms with Crippen molar-refractivity contribution in [3.8, 4) is 39.3 Å². The van der Waals surface area contributed by atoms with Crippen molar-refractivity contribution in [1.29, 1.82) is 0 Å². The van der Waals surface area contributed by atoms with E-state index in [1.165, 1.54) is 93.3 Å². The van der Waals surface area contributed by atoms with Crippen molar-refractivity contribution in [2.24, 2.45) is 0 Å². The smallest absolute Gasteiger partial charge is 0.252 e. The maximum atomic E-state index is 2.66. The maximum absolute atomic E-state index is 2.66. The van der Waals surface area contributed by atoms with Crippen LogP contribution in [-0.2, 0) is 10.8 Å². The third kappa shape index (κ3) is 7.99. The van der Waals surface area contributed by atoms with Crippen molar-refractivity contribution < 1.29 is 0 Å². The van der Waals surface area contributed by atoms with Crippen LogP contribution in [-0.4, -0.2) is 20.4 Å². The first-order chi connectivity index (χ1) is 45.0. The number of fused-ring (bicyclic) bond motifs is 13. The van der Waals surface area contributed by atoms with Crippen molar-refractivity contribution in [2.45, 2.75) is 52.4 Å². The molecule has 92 heavy (non-hydrogen) atoms. The number of hydrogen-bond acceptors (Lipinski definition) is 2. The molecule has 16 aromatic rings. The van der Waals surface area contributed by atoms with Gasteiger partial charge in [-0.15, -0.1) is 0 Å². The molecule has 0 N–H and O–H groups in total. The molecule has 3 aromatic heterocycles. The summed E-state index contributed by atoms with van der Waals surface area (Å²) in [7, 11) is 0. The van der Waals surface area contributed by atoms with Crippen molar-refractivity contribution in [3.05, 3.63) is 302 Å². The Morgan fingerprint density at radius 3 is 0.880 bits per heavy atom. The van der Waals surface area contributed by atoms with E-state index in [4.69, 9.17) is 0 Å². The van der Waals surface area contributed by atoms with E-state index < -0.39 is 0 Å². The fourth-order valence-corrected chi connectivity index (χ4v) is 15.9. The number of nitrogens with zero attached hydrogens (tertiary/aromatic N) is 5. The Labute approximate surface area is 537 Å². The molecule has 0 aliphatic carbocycles. The molecule has 0 fully saturated rings. The molecule has 5 heterocycles. The van der Waals surface area contributed by atoms with E-state index in [0.29, 0.717) is 0 Å². The number of para-hydroxylation sites is 8. The number of rotatable bonds is 7. The highest BCUT2D eigenvalue weighted by Crippen LogP contribution is 2.52. The summed E-state index contributed by atoms with van der Waals surface area (Å²) in [6.07, 6.45) is 0. The van der Waals surface area contributed by atoms with Gasteiger partial charge in [-0.3, -0.25) is 0 Å². The first kappa shape index (κ1) is 53.9. The van der Waals surface area contributed by atoms with Gasteiger partial charge in [0, 0.05) is 66.2 Å². The van der Waals surface area contributed by atoms with Gasteiger partial charge < -0.3 is 23.5 Å². The number of benzene rings is 13. The van der Waals surface area contributed by atoms with Gasteiger partial charge in [0.1, 0.15) is 0 Å². The van der Waals surface area contributed by atoms with Gasteiger partial charge in [-0.1, -0.05) is 260 Å². The highest BCUT2D eigenvalue weighted by molar-refractivity contribution is 7.00. The topological polar surface area (TPSA) is 21.3 Å². The average molecular weight is 1180 g/mol. The first-order valence-corrected chi connectivity index (χ1v) is 32.4. The Morgan fingerprint density at radius 1 is 0.250 bits per heavy atom. The zero-order valence-electron chi connectivity index (χ0n) is 52.5. The summed E-state index contributed by atoms with van der Waals surface area (Å²) in [5.41, 5.74) is 27.6. The van der Waals surface area contributed by atoms with Gasteiger partial charge in [-0.2, -0.15) is 0 Å². The van der Waals surface area contributed by atoms with Gasteiger partial charge in [0.25, 0.3) is 6.71 Å². The third-order valence-corrected chi connectivity index (χ3v) is 19.8. The monoisotopic (exact) mass is 1180 g/mol. The Balaban J connectivity index is 1.06. The second-order valence-electron chi connectivity index (χ2n) is 27.2. The van der Waals surface area contributed by atoms with Crippen LogP contribution in [0.15, 0.2) is 291 Å². The second kappa shape index (κ2) is 20.2. The molecule has 0 spiro atoms. The molecule has 0 radical (unpaired) electrons. The highest BCUT2D eigenvalue weighted by atomic mass is 15.2. The summed E-state index contributed by atoms with van der Waals surface area (Å²) >= 11 is 0. The van der Waals surface area contributed by atoms with Crippen LogP contribution >= 0.6 is 0 Å². The Bertz CT molecular complexity index is 5240. The van der Waals surface area contributed by atoms with Crippen molar-refractivity contribution in [2.75, 3.05) is 9.80 Å². The van der Waals surface area contributed by atoms with Gasteiger partial charge in [0.2, 0.25) is 0 Å². The summed E-state index contributed by atoms with van der Waals surface area (Å²) in [4.78, 5) is 5.33. The molecular weight excluding hydrogens is 1110 g/mol. The largest absolute Gasteiger partial charge is 0.311 e. The predicted octanol–water partition coefficient (Wildman–Crippen LogP) is 21.0. The van der Waals surface area contributed by atoms with Gasteiger partial charge in [0.15, 0.2) is 0 Å². The van der Waals surface area contributed by atoms with E-state index in [1.54, 1.807) is 0 Å². The molecule has 0 saturated heterocycles. The standard InChI is InChI=1S/C86H66BN5/c1-85(2,3)66-51-68-80(53-78(66)89-74-45-25-17-37-62(74)63-38-18-26-46-75(63)89)91(70-41-21-13-33-58(70)55-29-9-7-10-30-55)82-49-57(88-72-43-23-15-35-60(72)61-36-16-24-44-73(61)88)50-83-84(82)87(68)69-52-67(86(4,5)6)79(90-76-47-27-19-39-64(76)65-40-20-28-48-77(65)90)54-81(69)92(83)71-42-22-14-34-59(71)56-31-11-8-12-32-56/h7-54H,1-6H3. The Hall–Kier alpha value is -11.1. The summed E-state index contributed by atoms with van der Waals surface area (Å²) in [5, 5.41) is 7.40. The van der Waals surface area contributed by atoms with Gasteiger partial charge in [0.05, 0.1) is 61.5 Å². The molecule has 6 heteroatoms. The zero-order chi connectivity index (χ0) is 61.7. The van der Waals surface area contributed by atoms with Crippen LogP contribution in [0.25, 0.3) is 105 Å². The van der Waals surface area contributed by atoms with E-state index in [9.17, 15) is 0 Å². The van der Waals surface area contributed by atoms with Crippen molar-refractivity contribution in [1.82, 2.24) is 13.7 Å². The summed E-state index contributed by atoms with van der Waals surface area (Å²) in [6, 6.07) is 110. The Kier molecular flexibility index (Phi) is 11.8. The predicted molar refractivity (Wildman–Crippen MR) is 392 cm³/mol. The third-order valence-electron chi connectivity index (χ3n) is 19.8. The lowest BCUT2D eigenvalue weighted by Gasteiger charge is -2.46. The normalized spacial score (nSPS) is 13.0. The second-order valence-corrected chi connectivity index (χ2v) is 27.2. The minimum absolute atomic E-state index is 0.237. The van der Waals surface area contributed by atoms with Crippen molar-refractivity contribution >= 4 is 123 Å². The number of hydrogen-bond donors (Lipinski definition) is 0. The summed E-state index contributed by atoms with van der Waals surface area (Å²) < 4.78 is 7.66. The number of aromatic nitrogens is 3. The highest BCUT2D eigenvalue weighted by Gasteiger charge is 2.47. The first-order valence-electron chi connectivity index (χ1n) is 32.4. The van der Waals surface area contributed by atoms with E-state index >= 15 is 0 Å². The average Bonchev–Trinajstić information content (AvgIpc) is 0.818. The molecule has 0 amide bonds. The maximum Gasteiger partial charge on any atom is 0.252 e. The van der Waals surface area contributed by atoms with Crippen molar-refractivity contribution in [3.63, 3.8) is 0 Å². The minimum atomic E-state index is -0.303. The molecule has 2 aliphatic rings. The van der Waals surface area contributed by atoms with Crippen LogP contribution in [0.2, 0.25) is 0 Å². The minimum Gasteiger partial charge on any atom is -0.311 e. The fraction of sp³-hybridized carbons (Fsp3) is 0.0930. The van der Waals surface area contributed by atoms with E-state index in [-0.39, 0.29) is 17.5 Å². The molecule has 438 valence electrons. The molecule has 5 nitrogen and oxygen atoms in total. The quantitative estimate of drug-likeness (QED) is 0.148. The van der Waals surface area contributed by atoms with E-state index in [0.717, 1.165) is 73.1 Å². The molecule has 0 saturated carbocycles. The van der Waals surface area contributed by atoms with Crippen LogP contribution in [0.4, 0.5) is 34.1 Å². The molecular formula is C86H66BN5. The molecule has 0 unspecified atom stereocenters. The molecule has 0 bridgehead atoms. The van der Waals surface area contributed by atoms with Gasteiger partial charge >= 0.3 is 0 Å². The lowest BCUT2D eigenvalue weighted by atomic mass is 9.33. The van der Waals surface area contributed by atoms with E-state index in [2.05, 4.69) is 356 Å². The number of anilines is 6. The Morgan fingerprint density at radius 2 is 0.543 bits per heavy atom. The SMILES string of the molecule is CC(C)(C)c1cc2c(cc1-n1c3ccccc3c3ccccc31)N(c1ccccc1-c1ccccc1)c1cc(-n3c4ccccc4c4ccccc43)cc3c1B2c1cc(C(C)(C)C)c(-n2c4ccccc4c4ccccc42)cc1N3c1ccccc1-c1ccccc1. The van der Waals surface area contributed by atoms with Crippen LogP contribution in [0.3, 0.4) is 0 Å². The van der Waals surface area contributed by atoms with Gasteiger partial charge in [-0.05, 0) is 122 Å². The lowest BCUT2D eigenvalue weighted by Crippen LogP contribution is -2.62. The van der Waals surface area contributed by atoms with Crippen LogP contribution in [0.1, 0.15) is 52.7 Å². The molecule has 13 aromatic carbocycles. The van der Waals surface area contributed by atoms with Crippen LogP contribution in [0.5, 0.6) is 0 Å². The molecule has 2 aliphatic heterocycles. The fourth-order valence-electron chi connectivity index (χ4n) is 15.9. The summed E-state index contributed by atoms with van der Waals surface area (Å²) in [6.45, 7) is 14.2. The van der Waals surface area contributed by atoms with Crippen LogP contribution in [0, 0.1) is 0 Å². The summed E-state index contributed by atoms with van der Waals surface area (Å²) in [5.74, 6) is 0.